The van der Waals surface area contributed by atoms with Gasteiger partial charge in [-0.1, -0.05) is 0 Å². The van der Waals surface area contributed by atoms with Crippen LogP contribution in [0.2, 0.25) is 0 Å². The molecule has 2 aromatic rings. The van der Waals surface area contributed by atoms with Crippen molar-refractivity contribution in [1.29, 1.82) is 0 Å². The zero-order chi connectivity index (χ0) is 19.0. The van der Waals surface area contributed by atoms with Gasteiger partial charge in [-0.25, -0.2) is 0 Å². The fourth-order valence-electron chi connectivity index (χ4n) is 2.72. The van der Waals surface area contributed by atoms with E-state index in [4.69, 9.17) is 9.47 Å². The Balaban J connectivity index is 2.58. The van der Waals surface area contributed by atoms with Crippen LogP contribution >= 0.6 is 0 Å². The predicted octanol–water partition coefficient (Wildman–Crippen LogP) is 1.87. The SMILES string of the molecule is CCOC(=O)C(Cc1ccncc1)(C(=O)OCC)C(O)c1ccncc1. The van der Waals surface area contributed by atoms with Crippen LogP contribution in [0.1, 0.15) is 31.1 Å². The van der Waals surface area contributed by atoms with Gasteiger partial charge in [0.25, 0.3) is 0 Å². The first-order valence-electron chi connectivity index (χ1n) is 8.37. The predicted molar refractivity (Wildman–Crippen MR) is 92.8 cm³/mol. The van der Waals surface area contributed by atoms with Crippen LogP contribution in [0.3, 0.4) is 0 Å². The van der Waals surface area contributed by atoms with Crippen molar-refractivity contribution in [2.24, 2.45) is 5.41 Å². The molecule has 2 heterocycles. The molecule has 0 radical (unpaired) electrons. The summed E-state index contributed by atoms with van der Waals surface area (Å²) in [5, 5.41) is 11.0. The van der Waals surface area contributed by atoms with Crippen molar-refractivity contribution < 1.29 is 24.2 Å². The van der Waals surface area contributed by atoms with Crippen LogP contribution in [0.5, 0.6) is 0 Å². The lowest BCUT2D eigenvalue weighted by molar-refractivity contribution is -0.181. The summed E-state index contributed by atoms with van der Waals surface area (Å²) in [4.78, 5) is 33.6. The molecule has 0 aromatic carbocycles. The van der Waals surface area contributed by atoms with Crippen LogP contribution in [-0.2, 0) is 25.5 Å². The molecule has 0 aliphatic rings. The average molecular weight is 358 g/mol. The van der Waals surface area contributed by atoms with E-state index in [-0.39, 0.29) is 19.6 Å². The van der Waals surface area contributed by atoms with E-state index in [1.165, 1.54) is 12.4 Å². The average Bonchev–Trinajstić information content (AvgIpc) is 2.67. The van der Waals surface area contributed by atoms with Crippen LogP contribution in [0.15, 0.2) is 49.1 Å². The Labute approximate surface area is 152 Å². The third kappa shape index (κ3) is 4.05. The van der Waals surface area contributed by atoms with Gasteiger partial charge >= 0.3 is 11.9 Å². The zero-order valence-corrected chi connectivity index (χ0v) is 14.8. The molecule has 0 amide bonds. The van der Waals surface area contributed by atoms with Gasteiger partial charge in [0.15, 0.2) is 5.41 Å². The molecule has 1 atom stereocenters. The maximum atomic E-state index is 12.9. The minimum atomic E-state index is -1.94. The topological polar surface area (TPSA) is 98.6 Å². The molecule has 138 valence electrons. The summed E-state index contributed by atoms with van der Waals surface area (Å²) in [7, 11) is 0. The lowest BCUT2D eigenvalue weighted by Gasteiger charge is -2.33. The van der Waals surface area contributed by atoms with Crippen molar-refractivity contribution in [2.45, 2.75) is 26.4 Å². The van der Waals surface area contributed by atoms with Gasteiger partial charge in [0.2, 0.25) is 0 Å². The van der Waals surface area contributed by atoms with Gasteiger partial charge < -0.3 is 14.6 Å². The van der Waals surface area contributed by atoms with Crippen molar-refractivity contribution in [3.8, 4) is 0 Å². The quantitative estimate of drug-likeness (QED) is 0.568. The van der Waals surface area contributed by atoms with Gasteiger partial charge in [-0.3, -0.25) is 19.6 Å². The van der Waals surface area contributed by atoms with E-state index in [9.17, 15) is 14.7 Å². The normalized spacial score (nSPS) is 12.3. The third-order valence-electron chi connectivity index (χ3n) is 4.00. The van der Waals surface area contributed by atoms with Crippen molar-refractivity contribution in [3.05, 3.63) is 60.2 Å². The first kappa shape index (κ1) is 19.5. The summed E-state index contributed by atoms with van der Waals surface area (Å²) in [6, 6.07) is 6.44. The van der Waals surface area contributed by atoms with E-state index in [0.717, 1.165) is 0 Å². The molecule has 1 N–H and O–H groups in total. The van der Waals surface area contributed by atoms with E-state index < -0.39 is 23.5 Å². The van der Waals surface area contributed by atoms with Crippen LogP contribution in [0.25, 0.3) is 0 Å². The van der Waals surface area contributed by atoms with Gasteiger partial charge in [0.05, 0.1) is 13.2 Å². The number of ether oxygens (including phenoxy) is 2. The Morgan fingerprint density at radius 2 is 1.42 bits per heavy atom. The van der Waals surface area contributed by atoms with E-state index in [1.807, 2.05) is 0 Å². The Morgan fingerprint density at radius 3 is 1.88 bits per heavy atom. The second kappa shape index (κ2) is 9.05. The maximum Gasteiger partial charge on any atom is 0.326 e. The lowest BCUT2D eigenvalue weighted by Crippen LogP contribution is -2.48. The van der Waals surface area contributed by atoms with Gasteiger partial charge in [0.1, 0.15) is 6.10 Å². The largest absolute Gasteiger partial charge is 0.465 e. The van der Waals surface area contributed by atoms with Crippen LogP contribution in [0.4, 0.5) is 0 Å². The molecule has 0 bridgehead atoms. The second-order valence-corrected chi connectivity index (χ2v) is 5.63. The summed E-state index contributed by atoms with van der Waals surface area (Å²) in [5.74, 6) is -1.67. The van der Waals surface area contributed by atoms with Gasteiger partial charge in [-0.05, 0) is 49.2 Å². The lowest BCUT2D eigenvalue weighted by atomic mass is 9.74. The van der Waals surface area contributed by atoms with E-state index in [1.54, 1.807) is 50.5 Å². The van der Waals surface area contributed by atoms with Crippen molar-refractivity contribution in [3.63, 3.8) is 0 Å². The van der Waals surface area contributed by atoms with E-state index in [2.05, 4.69) is 9.97 Å². The van der Waals surface area contributed by atoms with Crippen molar-refractivity contribution in [2.75, 3.05) is 13.2 Å². The Morgan fingerprint density at radius 1 is 0.962 bits per heavy atom. The smallest absolute Gasteiger partial charge is 0.326 e. The molecular formula is C19H22N2O5. The molecule has 1 unspecified atom stereocenters. The highest BCUT2D eigenvalue weighted by Gasteiger charge is 2.55. The number of hydrogen-bond acceptors (Lipinski definition) is 7. The van der Waals surface area contributed by atoms with Gasteiger partial charge in [-0.15, -0.1) is 0 Å². The van der Waals surface area contributed by atoms with Gasteiger partial charge in [0, 0.05) is 31.2 Å². The number of nitrogens with zero attached hydrogens (tertiary/aromatic N) is 2. The summed E-state index contributed by atoms with van der Waals surface area (Å²) in [6.45, 7) is 3.41. The van der Waals surface area contributed by atoms with Crippen molar-refractivity contribution >= 4 is 11.9 Å². The highest BCUT2D eigenvalue weighted by molar-refractivity contribution is 6.01. The third-order valence-corrected chi connectivity index (χ3v) is 4.00. The molecule has 0 fully saturated rings. The van der Waals surface area contributed by atoms with Crippen LogP contribution < -0.4 is 0 Å². The summed E-state index contributed by atoms with van der Waals surface area (Å²) >= 11 is 0. The molecule has 0 spiro atoms. The number of carbonyl (C=O) groups is 2. The second-order valence-electron chi connectivity index (χ2n) is 5.63. The summed E-state index contributed by atoms with van der Waals surface area (Å²) < 4.78 is 10.3. The Hall–Kier alpha value is -2.80. The highest BCUT2D eigenvalue weighted by Crippen LogP contribution is 2.40. The number of hydrogen-bond donors (Lipinski definition) is 1. The van der Waals surface area contributed by atoms with Gasteiger partial charge in [-0.2, -0.15) is 0 Å². The number of carbonyl (C=O) groups excluding carboxylic acids is 2. The number of aliphatic hydroxyl groups excluding tert-OH is 1. The first-order chi connectivity index (χ1) is 12.6. The molecule has 0 saturated carbocycles. The Bertz CT molecular complexity index is 703. The number of aliphatic hydroxyl groups is 1. The summed E-state index contributed by atoms with van der Waals surface area (Å²) in [5.41, 5.74) is -0.918. The van der Waals surface area contributed by atoms with Crippen molar-refractivity contribution in [1.82, 2.24) is 9.97 Å². The minimum absolute atomic E-state index is 0.0688. The molecule has 2 aromatic heterocycles. The Kier molecular flexibility index (Phi) is 6.80. The molecule has 0 saturated heterocycles. The molecule has 0 aliphatic heterocycles. The number of esters is 2. The van der Waals surface area contributed by atoms with E-state index in [0.29, 0.717) is 11.1 Å². The molecule has 2 rings (SSSR count). The minimum Gasteiger partial charge on any atom is -0.465 e. The van der Waals surface area contributed by atoms with E-state index >= 15 is 0 Å². The zero-order valence-electron chi connectivity index (χ0n) is 14.8. The maximum absolute atomic E-state index is 12.9. The molecular weight excluding hydrogens is 336 g/mol. The highest BCUT2D eigenvalue weighted by atomic mass is 16.6. The number of pyridine rings is 2. The molecule has 0 aliphatic carbocycles. The fraction of sp³-hybridized carbons (Fsp3) is 0.368. The standard InChI is InChI=1S/C19H22N2O5/c1-3-25-17(23)19(18(24)26-4-2,13-14-5-9-20-10-6-14)16(22)15-7-11-21-12-8-15/h5-12,16,22H,3-4,13H2,1-2H3. The monoisotopic (exact) mass is 358 g/mol. The molecule has 7 heteroatoms. The summed E-state index contributed by atoms with van der Waals surface area (Å²) in [6.07, 6.45) is 4.51. The fourth-order valence-corrected chi connectivity index (χ4v) is 2.72. The molecule has 7 nitrogen and oxygen atoms in total. The first-order valence-corrected chi connectivity index (χ1v) is 8.37. The van der Waals surface area contributed by atoms with Crippen LogP contribution in [0, 0.1) is 5.41 Å². The number of rotatable bonds is 8. The number of aromatic nitrogens is 2. The molecule has 26 heavy (non-hydrogen) atoms. The van der Waals surface area contributed by atoms with Crippen LogP contribution in [-0.4, -0.2) is 40.2 Å².